The molecule has 1 N–H and O–H groups in total. The summed E-state index contributed by atoms with van der Waals surface area (Å²) in [5, 5.41) is 11.8. The van der Waals surface area contributed by atoms with Crippen LogP contribution in [0.25, 0.3) is 11.5 Å². The van der Waals surface area contributed by atoms with Crippen molar-refractivity contribution < 1.29 is 13.9 Å². The van der Waals surface area contributed by atoms with Crippen molar-refractivity contribution in [3.8, 4) is 23.0 Å². The predicted molar refractivity (Wildman–Crippen MR) is 94.9 cm³/mol. The fourth-order valence-electron chi connectivity index (χ4n) is 2.18. The monoisotopic (exact) mass is 359 g/mol. The van der Waals surface area contributed by atoms with E-state index in [0.29, 0.717) is 36.5 Å². The first kappa shape index (κ1) is 17.3. The van der Waals surface area contributed by atoms with E-state index in [0.717, 1.165) is 17.1 Å². The van der Waals surface area contributed by atoms with E-state index >= 15 is 0 Å². The summed E-state index contributed by atoms with van der Waals surface area (Å²) in [7, 11) is 1.63. The summed E-state index contributed by atoms with van der Waals surface area (Å²) in [4.78, 5) is 0. The van der Waals surface area contributed by atoms with Crippen molar-refractivity contribution in [2.75, 3.05) is 20.3 Å². The van der Waals surface area contributed by atoms with E-state index in [1.807, 2.05) is 42.5 Å². The van der Waals surface area contributed by atoms with E-state index < -0.39 is 0 Å². The zero-order chi connectivity index (χ0) is 17.5. The summed E-state index contributed by atoms with van der Waals surface area (Å²) < 4.78 is 16.4. The fourth-order valence-corrected chi connectivity index (χ4v) is 2.39. The Labute approximate surface area is 150 Å². The Morgan fingerprint density at radius 1 is 1.04 bits per heavy atom. The minimum absolute atomic E-state index is 0.414. The van der Waals surface area contributed by atoms with Gasteiger partial charge in [-0.3, -0.25) is 0 Å². The summed E-state index contributed by atoms with van der Waals surface area (Å²) in [6.45, 7) is 1.64. The number of hydrogen-bond donors (Lipinski definition) is 1. The lowest BCUT2D eigenvalue weighted by Gasteiger charge is -2.07. The lowest BCUT2D eigenvalue weighted by Crippen LogP contribution is -2.20. The van der Waals surface area contributed by atoms with Gasteiger partial charge in [-0.05, 0) is 36.4 Å². The molecule has 6 nitrogen and oxygen atoms in total. The molecular formula is C18H18ClN3O3. The Bertz CT molecular complexity index is 805. The van der Waals surface area contributed by atoms with Crippen molar-refractivity contribution in [1.29, 1.82) is 0 Å². The summed E-state index contributed by atoms with van der Waals surface area (Å²) in [5.41, 5.74) is 0.728. The molecule has 0 spiro atoms. The number of rotatable bonds is 8. The highest BCUT2D eigenvalue weighted by atomic mass is 35.5. The van der Waals surface area contributed by atoms with Crippen LogP contribution >= 0.6 is 11.6 Å². The number of ether oxygens (including phenoxy) is 2. The number of nitrogens with one attached hydrogen (secondary N) is 1. The van der Waals surface area contributed by atoms with E-state index in [1.54, 1.807) is 13.2 Å². The van der Waals surface area contributed by atoms with Crippen molar-refractivity contribution in [2.24, 2.45) is 0 Å². The summed E-state index contributed by atoms with van der Waals surface area (Å²) in [5.74, 6) is 2.51. The van der Waals surface area contributed by atoms with E-state index in [-0.39, 0.29) is 0 Å². The normalized spacial score (nSPS) is 10.6. The van der Waals surface area contributed by atoms with Crippen LogP contribution in [0, 0.1) is 0 Å². The molecule has 0 saturated heterocycles. The molecule has 0 aliphatic carbocycles. The maximum Gasteiger partial charge on any atom is 0.249 e. The summed E-state index contributed by atoms with van der Waals surface area (Å²) in [6, 6.07) is 14.8. The van der Waals surface area contributed by atoms with Crippen LogP contribution in [0.1, 0.15) is 5.89 Å². The minimum Gasteiger partial charge on any atom is -0.497 e. The molecule has 0 aliphatic rings. The quantitative estimate of drug-likeness (QED) is 0.620. The number of hydrogen-bond acceptors (Lipinski definition) is 6. The van der Waals surface area contributed by atoms with E-state index in [1.165, 1.54) is 0 Å². The van der Waals surface area contributed by atoms with Gasteiger partial charge in [-0.2, -0.15) is 0 Å². The fraction of sp³-hybridized carbons (Fsp3) is 0.222. The van der Waals surface area contributed by atoms with Gasteiger partial charge in [0.05, 0.1) is 24.2 Å². The standard InChI is InChI=1S/C18H18ClN3O3/c1-23-13-6-8-14(9-7-13)24-11-10-20-12-17-21-22-18(25-17)15-4-2-3-5-16(15)19/h2-9,20H,10-12H2,1H3. The molecule has 2 aromatic carbocycles. The Balaban J connectivity index is 1.43. The Hall–Kier alpha value is -2.57. The molecule has 0 bridgehead atoms. The maximum absolute atomic E-state index is 6.12. The van der Waals surface area contributed by atoms with E-state index in [4.69, 9.17) is 25.5 Å². The van der Waals surface area contributed by atoms with Crippen molar-refractivity contribution in [3.63, 3.8) is 0 Å². The highest BCUT2D eigenvalue weighted by Gasteiger charge is 2.10. The van der Waals surface area contributed by atoms with Crippen LogP contribution in [0.4, 0.5) is 0 Å². The van der Waals surface area contributed by atoms with E-state index in [2.05, 4.69) is 15.5 Å². The van der Waals surface area contributed by atoms with Crippen molar-refractivity contribution >= 4 is 11.6 Å². The molecule has 1 heterocycles. The van der Waals surface area contributed by atoms with Gasteiger partial charge in [-0.15, -0.1) is 10.2 Å². The van der Waals surface area contributed by atoms with Crippen LogP contribution in [-0.2, 0) is 6.54 Å². The first-order valence-electron chi connectivity index (χ1n) is 7.81. The van der Waals surface area contributed by atoms with Crippen LogP contribution < -0.4 is 14.8 Å². The average molecular weight is 360 g/mol. The van der Waals surface area contributed by atoms with Gasteiger partial charge in [0.25, 0.3) is 0 Å². The van der Waals surface area contributed by atoms with Gasteiger partial charge in [-0.25, -0.2) is 0 Å². The smallest absolute Gasteiger partial charge is 0.249 e. The lowest BCUT2D eigenvalue weighted by atomic mass is 10.2. The van der Waals surface area contributed by atoms with Crippen LogP contribution in [0.15, 0.2) is 52.9 Å². The lowest BCUT2D eigenvalue weighted by molar-refractivity contribution is 0.309. The predicted octanol–water partition coefficient (Wildman–Crippen LogP) is 3.57. The number of methoxy groups -OCH3 is 1. The molecule has 0 unspecified atom stereocenters. The van der Waals surface area contributed by atoms with Gasteiger partial charge >= 0.3 is 0 Å². The first-order chi connectivity index (χ1) is 12.3. The molecule has 25 heavy (non-hydrogen) atoms. The topological polar surface area (TPSA) is 69.4 Å². The van der Waals surface area contributed by atoms with Gasteiger partial charge in [0.1, 0.15) is 18.1 Å². The molecule has 0 saturated carbocycles. The van der Waals surface area contributed by atoms with Crippen molar-refractivity contribution in [1.82, 2.24) is 15.5 Å². The van der Waals surface area contributed by atoms with Crippen molar-refractivity contribution in [3.05, 3.63) is 59.4 Å². The number of nitrogens with zero attached hydrogens (tertiary/aromatic N) is 2. The zero-order valence-electron chi connectivity index (χ0n) is 13.7. The SMILES string of the molecule is COc1ccc(OCCNCc2nnc(-c3ccccc3Cl)o2)cc1. The third-order valence-corrected chi connectivity index (χ3v) is 3.78. The molecular weight excluding hydrogens is 342 g/mol. The third kappa shape index (κ3) is 4.71. The minimum atomic E-state index is 0.414. The highest BCUT2D eigenvalue weighted by Crippen LogP contribution is 2.26. The van der Waals surface area contributed by atoms with Crippen LogP contribution in [0.2, 0.25) is 5.02 Å². The molecule has 0 aliphatic heterocycles. The van der Waals surface area contributed by atoms with Crippen LogP contribution in [0.5, 0.6) is 11.5 Å². The Morgan fingerprint density at radius 3 is 2.56 bits per heavy atom. The second-order valence-electron chi connectivity index (χ2n) is 5.18. The number of halogens is 1. The zero-order valence-corrected chi connectivity index (χ0v) is 14.5. The average Bonchev–Trinajstić information content (AvgIpc) is 3.11. The first-order valence-corrected chi connectivity index (χ1v) is 8.19. The van der Waals surface area contributed by atoms with Gasteiger partial charge in [-0.1, -0.05) is 23.7 Å². The second kappa shape index (κ2) is 8.50. The van der Waals surface area contributed by atoms with Gasteiger partial charge in [0.15, 0.2) is 0 Å². The van der Waals surface area contributed by atoms with Crippen LogP contribution in [-0.4, -0.2) is 30.5 Å². The maximum atomic E-state index is 6.12. The van der Waals surface area contributed by atoms with Gasteiger partial charge < -0.3 is 19.2 Å². The molecule has 0 radical (unpaired) electrons. The summed E-state index contributed by atoms with van der Waals surface area (Å²) >= 11 is 6.12. The molecule has 1 aromatic heterocycles. The largest absolute Gasteiger partial charge is 0.497 e. The Kier molecular flexibility index (Phi) is 5.87. The molecule has 0 amide bonds. The molecule has 130 valence electrons. The van der Waals surface area contributed by atoms with E-state index in [9.17, 15) is 0 Å². The third-order valence-electron chi connectivity index (χ3n) is 3.45. The van der Waals surface area contributed by atoms with Crippen molar-refractivity contribution in [2.45, 2.75) is 6.54 Å². The second-order valence-corrected chi connectivity index (χ2v) is 5.59. The Morgan fingerprint density at radius 2 is 1.80 bits per heavy atom. The molecule has 0 fully saturated rings. The number of aromatic nitrogens is 2. The van der Waals surface area contributed by atoms with Gasteiger partial charge in [0.2, 0.25) is 11.8 Å². The highest BCUT2D eigenvalue weighted by molar-refractivity contribution is 6.33. The summed E-state index contributed by atoms with van der Waals surface area (Å²) in [6.07, 6.45) is 0. The molecule has 7 heteroatoms. The molecule has 0 atom stereocenters. The van der Waals surface area contributed by atoms with Crippen LogP contribution in [0.3, 0.4) is 0 Å². The molecule has 3 aromatic rings. The number of benzene rings is 2. The van der Waals surface area contributed by atoms with Gasteiger partial charge in [0, 0.05) is 6.54 Å². The molecule has 3 rings (SSSR count).